The van der Waals surface area contributed by atoms with Gasteiger partial charge in [0.05, 0.1) is 12.0 Å². The lowest BCUT2D eigenvalue weighted by Gasteiger charge is -2.06. The molecule has 1 heterocycles. The smallest absolute Gasteiger partial charge is 0.365 e. The van der Waals surface area contributed by atoms with Gasteiger partial charge < -0.3 is 10.3 Å². The van der Waals surface area contributed by atoms with E-state index in [-0.39, 0.29) is 18.3 Å². The summed E-state index contributed by atoms with van der Waals surface area (Å²) in [6.07, 6.45) is -4.07. The van der Waals surface area contributed by atoms with Crippen LogP contribution in [0.2, 0.25) is 0 Å². The molecule has 2 rings (SSSR count). The molecule has 0 amide bonds. The van der Waals surface area contributed by atoms with Crippen LogP contribution in [0.4, 0.5) is 19.1 Å². The standard InChI is InChI=1S/C10H8F3N3O/c11-10(12,13)7-3-1-6(2-4-7)5-8-15-9(14)16-17-8/h1-4H,5H2,(H2,14,16). The van der Waals surface area contributed by atoms with Crippen molar-refractivity contribution in [2.75, 3.05) is 5.73 Å². The van der Waals surface area contributed by atoms with Gasteiger partial charge in [-0.25, -0.2) is 0 Å². The highest BCUT2D eigenvalue weighted by molar-refractivity contribution is 5.26. The van der Waals surface area contributed by atoms with E-state index < -0.39 is 11.7 Å². The van der Waals surface area contributed by atoms with E-state index in [1.807, 2.05) is 0 Å². The van der Waals surface area contributed by atoms with Crippen molar-refractivity contribution in [1.82, 2.24) is 10.1 Å². The second kappa shape index (κ2) is 4.08. The van der Waals surface area contributed by atoms with E-state index in [1.54, 1.807) is 0 Å². The topological polar surface area (TPSA) is 64.9 Å². The fourth-order valence-electron chi connectivity index (χ4n) is 1.33. The van der Waals surface area contributed by atoms with Crippen LogP contribution in [0.1, 0.15) is 17.0 Å². The number of hydrogen-bond donors (Lipinski definition) is 1. The van der Waals surface area contributed by atoms with Gasteiger partial charge in [-0.2, -0.15) is 18.2 Å². The predicted molar refractivity (Wildman–Crippen MR) is 53.0 cm³/mol. The van der Waals surface area contributed by atoms with Gasteiger partial charge in [-0.3, -0.25) is 0 Å². The van der Waals surface area contributed by atoms with Crippen LogP contribution in [0.3, 0.4) is 0 Å². The molecule has 1 aromatic carbocycles. The first-order valence-corrected chi connectivity index (χ1v) is 4.69. The van der Waals surface area contributed by atoms with Gasteiger partial charge in [0, 0.05) is 0 Å². The number of rotatable bonds is 2. The average molecular weight is 243 g/mol. The van der Waals surface area contributed by atoms with Crippen LogP contribution in [-0.2, 0) is 12.6 Å². The van der Waals surface area contributed by atoms with Crippen molar-refractivity contribution in [2.45, 2.75) is 12.6 Å². The van der Waals surface area contributed by atoms with Gasteiger partial charge in [0.25, 0.3) is 5.95 Å². The van der Waals surface area contributed by atoms with Gasteiger partial charge in [-0.15, -0.1) is 0 Å². The number of alkyl halides is 3. The van der Waals surface area contributed by atoms with E-state index in [2.05, 4.69) is 10.1 Å². The SMILES string of the molecule is Nc1noc(Cc2ccc(C(F)(F)F)cc2)n1. The van der Waals surface area contributed by atoms with Crippen LogP contribution in [0.15, 0.2) is 28.8 Å². The first-order chi connectivity index (χ1) is 7.95. The second-order valence-electron chi connectivity index (χ2n) is 3.42. The Balaban J connectivity index is 2.13. The number of nitrogens with two attached hydrogens (primary N) is 1. The molecule has 7 heteroatoms. The summed E-state index contributed by atoms with van der Waals surface area (Å²) in [4.78, 5) is 3.75. The Morgan fingerprint density at radius 2 is 1.82 bits per heavy atom. The highest BCUT2D eigenvalue weighted by atomic mass is 19.4. The van der Waals surface area contributed by atoms with Gasteiger partial charge in [0.1, 0.15) is 0 Å². The predicted octanol–water partition coefficient (Wildman–Crippen LogP) is 2.26. The molecule has 0 aliphatic carbocycles. The summed E-state index contributed by atoms with van der Waals surface area (Å²) in [5.74, 6) is 0.272. The average Bonchev–Trinajstić information content (AvgIpc) is 2.63. The highest BCUT2D eigenvalue weighted by Crippen LogP contribution is 2.29. The number of nitrogen functional groups attached to an aromatic ring is 1. The summed E-state index contributed by atoms with van der Waals surface area (Å²) < 4.78 is 41.6. The third-order valence-corrected chi connectivity index (χ3v) is 2.12. The van der Waals surface area contributed by atoms with Crippen molar-refractivity contribution in [3.05, 3.63) is 41.3 Å². The van der Waals surface area contributed by atoms with Crippen LogP contribution in [0, 0.1) is 0 Å². The number of hydrogen-bond acceptors (Lipinski definition) is 4. The second-order valence-corrected chi connectivity index (χ2v) is 3.42. The Labute approximate surface area is 94.2 Å². The molecule has 0 saturated heterocycles. The molecular formula is C10H8F3N3O. The Kier molecular flexibility index (Phi) is 2.74. The molecule has 0 fully saturated rings. The minimum absolute atomic E-state index is 0.00640. The summed E-state index contributed by atoms with van der Waals surface area (Å²) in [6.45, 7) is 0. The van der Waals surface area contributed by atoms with Crippen molar-refractivity contribution < 1.29 is 17.7 Å². The van der Waals surface area contributed by atoms with E-state index in [0.29, 0.717) is 5.56 Å². The van der Waals surface area contributed by atoms with E-state index in [0.717, 1.165) is 12.1 Å². The summed E-state index contributed by atoms with van der Waals surface area (Å²) in [5, 5.41) is 3.38. The van der Waals surface area contributed by atoms with Crippen LogP contribution < -0.4 is 5.73 Å². The minimum atomic E-state index is -4.33. The first-order valence-electron chi connectivity index (χ1n) is 4.69. The Morgan fingerprint density at radius 3 is 2.29 bits per heavy atom. The molecule has 0 saturated carbocycles. The molecule has 90 valence electrons. The molecule has 0 spiro atoms. The number of benzene rings is 1. The van der Waals surface area contributed by atoms with Crippen LogP contribution in [0.25, 0.3) is 0 Å². The fourth-order valence-corrected chi connectivity index (χ4v) is 1.33. The Morgan fingerprint density at radius 1 is 1.18 bits per heavy atom. The largest absolute Gasteiger partial charge is 0.416 e. The zero-order chi connectivity index (χ0) is 12.5. The van der Waals surface area contributed by atoms with E-state index in [9.17, 15) is 13.2 Å². The highest BCUT2D eigenvalue weighted by Gasteiger charge is 2.29. The summed E-state index contributed by atoms with van der Waals surface area (Å²) in [7, 11) is 0. The number of halogens is 3. The molecule has 4 nitrogen and oxygen atoms in total. The zero-order valence-corrected chi connectivity index (χ0v) is 8.53. The lowest BCUT2D eigenvalue weighted by molar-refractivity contribution is -0.137. The van der Waals surface area contributed by atoms with Crippen molar-refractivity contribution in [2.24, 2.45) is 0 Å². The maximum absolute atomic E-state index is 12.3. The van der Waals surface area contributed by atoms with Crippen molar-refractivity contribution in [1.29, 1.82) is 0 Å². The lowest BCUT2D eigenvalue weighted by Crippen LogP contribution is -2.04. The number of aromatic nitrogens is 2. The zero-order valence-electron chi connectivity index (χ0n) is 8.53. The van der Waals surface area contributed by atoms with Gasteiger partial charge >= 0.3 is 6.18 Å². The lowest BCUT2D eigenvalue weighted by atomic mass is 10.1. The van der Waals surface area contributed by atoms with E-state index in [4.69, 9.17) is 10.3 Å². The van der Waals surface area contributed by atoms with Crippen LogP contribution in [-0.4, -0.2) is 10.1 Å². The third-order valence-electron chi connectivity index (χ3n) is 2.12. The summed E-state index contributed by atoms with van der Waals surface area (Å²) >= 11 is 0. The molecule has 17 heavy (non-hydrogen) atoms. The quantitative estimate of drug-likeness (QED) is 0.878. The number of nitrogens with zero attached hydrogens (tertiary/aromatic N) is 2. The maximum atomic E-state index is 12.3. The van der Waals surface area contributed by atoms with Crippen LogP contribution >= 0.6 is 0 Å². The molecule has 1 aromatic heterocycles. The van der Waals surface area contributed by atoms with E-state index in [1.165, 1.54) is 12.1 Å². The van der Waals surface area contributed by atoms with Gasteiger partial charge in [-0.1, -0.05) is 12.1 Å². The molecule has 0 atom stereocenters. The molecule has 0 bridgehead atoms. The normalized spacial score (nSPS) is 11.7. The molecule has 2 aromatic rings. The van der Waals surface area contributed by atoms with Gasteiger partial charge in [0.15, 0.2) is 0 Å². The molecule has 0 aliphatic heterocycles. The fraction of sp³-hybridized carbons (Fsp3) is 0.200. The third kappa shape index (κ3) is 2.74. The van der Waals surface area contributed by atoms with Gasteiger partial charge in [0.2, 0.25) is 5.89 Å². The number of anilines is 1. The molecule has 0 aliphatic rings. The summed E-state index contributed by atoms with van der Waals surface area (Å²) in [5.41, 5.74) is 5.20. The molecular weight excluding hydrogens is 235 g/mol. The van der Waals surface area contributed by atoms with Crippen molar-refractivity contribution in [3.63, 3.8) is 0 Å². The Bertz CT molecular complexity index is 504. The molecule has 2 N–H and O–H groups in total. The monoisotopic (exact) mass is 243 g/mol. The molecule has 0 unspecified atom stereocenters. The van der Waals surface area contributed by atoms with Crippen molar-refractivity contribution in [3.8, 4) is 0 Å². The van der Waals surface area contributed by atoms with E-state index >= 15 is 0 Å². The summed E-state index contributed by atoms with van der Waals surface area (Å²) in [6, 6.07) is 4.75. The maximum Gasteiger partial charge on any atom is 0.416 e. The van der Waals surface area contributed by atoms with Crippen LogP contribution in [0.5, 0.6) is 0 Å². The first kappa shape index (κ1) is 11.4. The minimum Gasteiger partial charge on any atom is -0.365 e. The Hall–Kier alpha value is -2.05. The van der Waals surface area contributed by atoms with Gasteiger partial charge in [-0.05, 0) is 22.9 Å². The van der Waals surface area contributed by atoms with Crippen molar-refractivity contribution >= 4 is 5.95 Å². The molecule has 0 radical (unpaired) electrons.